The third-order valence-electron chi connectivity index (χ3n) is 5.30. The molecule has 0 saturated heterocycles. The maximum absolute atomic E-state index is 12.3. The van der Waals surface area contributed by atoms with E-state index in [0.717, 1.165) is 11.1 Å². The average molecular weight is 458 g/mol. The lowest BCUT2D eigenvalue weighted by Crippen LogP contribution is -2.31. The minimum atomic E-state index is -1.46. The summed E-state index contributed by atoms with van der Waals surface area (Å²) in [5.41, 5.74) is -0.491. The second-order valence-corrected chi connectivity index (χ2v) is 9.30. The van der Waals surface area contributed by atoms with Crippen LogP contribution in [-0.2, 0) is 4.74 Å². The van der Waals surface area contributed by atoms with Crippen LogP contribution >= 0.6 is 0 Å². The van der Waals surface area contributed by atoms with E-state index in [1.165, 1.54) is 27.7 Å². The predicted octanol–water partition coefficient (Wildman–Crippen LogP) is 2.62. The van der Waals surface area contributed by atoms with Gasteiger partial charge in [-0.05, 0) is 45.9 Å². The molecule has 0 saturated carbocycles. The number of nitrogens with zero attached hydrogens (tertiary/aromatic N) is 1. The van der Waals surface area contributed by atoms with Crippen LogP contribution in [-0.4, -0.2) is 76.3 Å². The lowest BCUT2D eigenvalue weighted by Gasteiger charge is -2.23. The number of ether oxygens (including phenoxy) is 1. The van der Waals surface area contributed by atoms with Crippen molar-refractivity contribution in [3.8, 4) is 0 Å². The van der Waals surface area contributed by atoms with Gasteiger partial charge in [0.25, 0.3) is 0 Å². The first-order chi connectivity index (χ1) is 15.3. The largest absolute Gasteiger partial charge is 0.395 e. The summed E-state index contributed by atoms with van der Waals surface area (Å²) in [4.78, 5) is 26.6. The van der Waals surface area contributed by atoms with Crippen molar-refractivity contribution in [3.05, 3.63) is 70.8 Å². The summed E-state index contributed by atoms with van der Waals surface area (Å²) in [7, 11) is 1.89. The van der Waals surface area contributed by atoms with Crippen molar-refractivity contribution in [1.29, 1.82) is 0 Å². The van der Waals surface area contributed by atoms with Crippen molar-refractivity contribution < 1.29 is 29.6 Å². The number of likely N-dealkylation sites (N-methyl/N-ethyl adjacent to an activating group) is 1. The molecule has 2 aromatic rings. The van der Waals surface area contributed by atoms with Gasteiger partial charge in [-0.15, -0.1) is 0 Å². The Labute approximate surface area is 195 Å². The zero-order valence-electron chi connectivity index (χ0n) is 20.0. The first-order valence-electron chi connectivity index (χ1n) is 11.0. The van der Waals surface area contributed by atoms with Crippen LogP contribution in [0.25, 0.3) is 0 Å². The van der Waals surface area contributed by atoms with E-state index in [1.807, 2.05) is 11.9 Å². The number of rotatable bonds is 12. The van der Waals surface area contributed by atoms with E-state index in [0.29, 0.717) is 30.8 Å². The minimum absolute atomic E-state index is 0.0628. The van der Waals surface area contributed by atoms with Crippen molar-refractivity contribution in [3.63, 3.8) is 0 Å². The summed E-state index contributed by atoms with van der Waals surface area (Å²) in [5.74, 6) is -0.738. The Balaban J connectivity index is 2.30. The highest BCUT2D eigenvalue weighted by atomic mass is 16.5. The van der Waals surface area contributed by atoms with Gasteiger partial charge in [0.2, 0.25) is 0 Å². The molecule has 180 valence electrons. The van der Waals surface area contributed by atoms with Gasteiger partial charge in [0.05, 0.1) is 13.2 Å². The number of carbonyl (C=O) groups is 2. The quantitative estimate of drug-likeness (QED) is 0.421. The fourth-order valence-electron chi connectivity index (χ4n) is 3.32. The van der Waals surface area contributed by atoms with E-state index >= 15 is 0 Å². The number of ketones is 2. The molecule has 0 radical (unpaired) electrons. The second-order valence-electron chi connectivity index (χ2n) is 9.30. The normalized spacial score (nSPS) is 12.4. The molecular weight excluding hydrogens is 422 g/mol. The number of hydrogen-bond donors (Lipinski definition) is 3. The average Bonchev–Trinajstić information content (AvgIpc) is 2.75. The van der Waals surface area contributed by atoms with Crippen LogP contribution in [0, 0.1) is 0 Å². The van der Waals surface area contributed by atoms with Crippen LogP contribution in [0.2, 0.25) is 0 Å². The molecule has 0 aromatic heterocycles. The van der Waals surface area contributed by atoms with Crippen molar-refractivity contribution in [1.82, 2.24) is 4.90 Å². The van der Waals surface area contributed by atoms with Crippen LogP contribution in [0.5, 0.6) is 0 Å². The Morgan fingerprint density at radius 3 is 1.55 bits per heavy atom. The number of Topliss-reactive ketones (excluding diaryl/α,β-unsaturated/α-hetero) is 2. The Morgan fingerprint density at radius 2 is 1.21 bits per heavy atom. The molecule has 0 heterocycles. The SMILES string of the molecule is CN(CCO)CCOC(c1ccc(C(=O)C(C)(C)O)cc1)c1ccc(C(=O)C(C)(C)O)cc1. The molecule has 7 heteroatoms. The van der Waals surface area contributed by atoms with Gasteiger partial charge in [-0.2, -0.15) is 0 Å². The molecule has 33 heavy (non-hydrogen) atoms. The number of benzene rings is 2. The van der Waals surface area contributed by atoms with Crippen LogP contribution in [0.15, 0.2) is 48.5 Å². The molecule has 0 fully saturated rings. The first-order valence-corrected chi connectivity index (χ1v) is 11.0. The summed E-state index contributed by atoms with van der Waals surface area (Å²) in [6.07, 6.45) is -0.454. The zero-order valence-corrected chi connectivity index (χ0v) is 20.0. The Kier molecular flexibility index (Phi) is 9.05. The van der Waals surface area contributed by atoms with Crippen LogP contribution in [0.3, 0.4) is 0 Å². The fraction of sp³-hybridized carbons (Fsp3) is 0.462. The maximum atomic E-state index is 12.3. The van der Waals surface area contributed by atoms with Crippen LogP contribution in [0.1, 0.15) is 65.6 Å². The molecule has 7 nitrogen and oxygen atoms in total. The highest BCUT2D eigenvalue weighted by Crippen LogP contribution is 2.28. The number of aliphatic hydroxyl groups is 3. The molecule has 0 aliphatic heterocycles. The van der Waals surface area contributed by atoms with Crippen molar-refractivity contribution in [2.75, 3.05) is 33.4 Å². The van der Waals surface area contributed by atoms with Gasteiger partial charge in [-0.1, -0.05) is 48.5 Å². The lowest BCUT2D eigenvalue weighted by molar-refractivity contribution is 0.0487. The number of carbonyl (C=O) groups excluding carboxylic acids is 2. The topological polar surface area (TPSA) is 107 Å². The molecule has 2 rings (SSSR count). The van der Waals surface area contributed by atoms with Crippen LogP contribution < -0.4 is 0 Å². The molecular formula is C26H35NO6. The summed E-state index contributed by atoms with van der Waals surface area (Å²) < 4.78 is 6.17. The van der Waals surface area contributed by atoms with Crippen molar-refractivity contribution in [2.45, 2.75) is 45.0 Å². The van der Waals surface area contributed by atoms with Crippen molar-refractivity contribution in [2.24, 2.45) is 0 Å². The Hall–Kier alpha value is -2.42. The molecule has 0 amide bonds. The Morgan fingerprint density at radius 1 is 0.818 bits per heavy atom. The zero-order chi connectivity index (χ0) is 24.8. The number of aliphatic hydroxyl groups excluding tert-OH is 1. The monoisotopic (exact) mass is 457 g/mol. The number of hydrogen-bond acceptors (Lipinski definition) is 7. The predicted molar refractivity (Wildman–Crippen MR) is 127 cm³/mol. The van der Waals surface area contributed by atoms with Gasteiger partial charge < -0.3 is 25.0 Å². The van der Waals surface area contributed by atoms with E-state index < -0.39 is 17.3 Å². The van der Waals surface area contributed by atoms with Gasteiger partial charge in [0.1, 0.15) is 17.3 Å². The standard InChI is InChI=1S/C26H35NO6/c1-25(2,31)23(29)20-10-6-18(7-11-20)22(33-17-15-27(5)14-16-28)19-8-12-21(13-9-19)24(30)26(3,4)32/h6-13,22,28,31-32H,14-17H2,1-5H3. The maximum Gasteiger partial charge on any atom is 0.193 e. The smallest absolute Gasteiger partial charge is 0.193 e. The fourth-order valence-corrected chi connectivity index (χ4v) is 3.32. The van der Waals surface area contributed by atoms with Gasteiger partial charge in [0.15, 0.2) is 11.6 Å². The minimum Gasteiger partial charge on any atom is -0.395 e. The third-order valence-corrected chi connectivity index (χ3v) is 5.30. The molecule has 0 atom stereocenters. The molecule has 0 unspecified atom stereocenters. The highest BCUT2D eigenvalue weighted by Gasteiger charge is 2.27. The summed E-state index contributed by atoms with van der Waals surface area (Å²) >= 11 is 0. The summed E-state index contributed by atoms with van der Waals surface area (Å²) in [6, 6.07) is 13.8. The molecule has 0 aliphatic carbocycles. The Bertz CT molecular complexity index is 854. The first kappa shape index (κ1) is 26.8. The van der Waals surface area contributed by atoms with E-state index in [1.54, 1.807) is 48.5 Å². The van der Waals surface area contributed by atoms with E-state index in [9.17, 15) is 19.8 Å². The molecule has 0 aliphatic rings. The second kappa shape index (κ2) is 11.1. The highest BCUT2D eigenvalue weighted by molar-refractivity contribution is 6.02. The summed E-state index contributed by atoms with van der Waals surface area (Å²) in [6.45, 7) is 7.42. The van der Waals surface area contributed by atoms with E-state index in [-0.39, 0.29) is 18.2 Å². The summed E-state index contributed by atoms with van der Waals surface area (Å²) in [5, 5.41) is 29.1. The molecule has 0 bridgehead atoms. The molecule has 0 spiro atoms. The van der Waals surface area contributed by atoms with E-state index in [4.69, 9.17) is 9.84 Å². The van der Waals surface area contributed by atoms with E-state index in [2.05, 4.69) is 0 Å². The van der Waals surface area contributed by atoms with Gasteiger partial charge in [-0.3, -0.25) is 9.59 Å². The third kappa shape index (κ3) is 7.55. The van der Waals surface area contributed by atoms with Gasteiger partial charge in [-0.25, -0.2) is 0 Å². The lowest BCUT2D eigenvalue weighted by atomic mass is 9.92. The van der Waals surface area contributed by atoms with Crippen molar-refractivity contribution >= 4 is 11.6 Å². The van der Waals surface area contributed by atoms with Gasteiger partial charge >= 0.3 is 0 Å². The molecule has 3 N–H and O–H groups in total. The molecule has 2 aromatic carbocycles. The van der Waals surface area contributed by atoms with Gasteiger partial charge in [0, 0.05) is 24.2 Å². The van der Waals surface area contributed by atoms with Crippen LogP contribution in [0.4, 0.5) is 0 Å².